The lowest BCUT2D eigenvalue weighted by Crippen LogP contribution is -2.58. The van der Waals surface area contributed by atoms with Crippen molar-refractivity contribution in [2.24, 2.45) is 11.5 Å². The quantitative estimate of drug-likeness (QED) is 0.645. The Balaban J connectivity index is 1.90. The number of hydrogen-bond acceptors (Lipinski definition) is 3. The zero-order valence-electron chi connectivity index (χ0n) is 9.87. The van der Waals surface area contributed by atoms with Crippen molar-refractivity contribution in [2.45, 2.75) is 69.0 Å². The molecular formula is C12H23N3O. The highest BCUT2D eigenvalue weighted by Crippen LogP contribution is 2.28. The third kappa shape index (κ3) is 2.38. The molecule has 4 nitrogen and oxygen atoms in total. The van der Waals surface area contributed by atoms with Gasteiger partial charge in [0.25, 0.3) is 0 Å². The zero-order chi connectivity index (χ0) is 11.6. The molecule has 2 rings (SSSR count). The molecule has 0 aliphatic heterocycles. The van der Waals surface area contributed by atoms with E-state index in [1.54, 1.807) is 0 Å². The molecule has 0 aromatic heterocycles. The number of amides is 1. The third-order valence-electron chi connectivity index (χ3n) is 4.08. The monoisotopic (exact) mass is 225 g/mol. The van der Waals surface area contributed by atoms with Crippen LogP contribution in [0.25, 0.3) is 0 Å². The van der Waals surface area contributed by atoms with Crippen LogP contribution in [0.1, 0.15) is 51.4 Å². The molecule has 92 valence electrons. The highest BCUT2D eigenvalue weighted by molar-refractivity contribution is 5.86. The first-order valence-electron chi connectivity index (χ1n) is 6.47. The summed E-state index contributed by atoms with van der Waals surface area (Å²) in [6.07, 6.45) is 8.14. The van der Waals surface area contributed by atoms with Crippen LogP contribution in [-0.2, 0) is 4.79 Å². The SMILES string of the molecule is N[C@@H]1CCCC[C@H]1NC(=O)C1(N)CCCC1. The Labute approximate surface area is 97.1 Å². The highest BCUT2D eigenvalue weighted by atomic mass is 16.2. The van der Waals surface area contributed by atoms with E-state index < -0.39 is 5.54 Å². The number of carbonyl (C=O) groups excluding carboxylic acids is 1. The average molecular weight is 225 g/mol. The van der Waals surface area contributed by atoms with Gasteiger partial charge in [-0.25, -0.2) is 0 Å². The summed E-state index contributed by atoms with van der Waals surface area (Å²) >= 11 is 0. The van der Waals surface area contributed by atoms with Gasteiger partial charge >= 0.3 is 0 Å². The fourth-order valence-corrected chi connectivity index (χ4v) is 2.88. The predicted octanol–water partition coefficient (Wildman–Crippen LogP) is 0.644. The lowest BCUT2D eigenvalue weighted by molar-refractivity contribution is -0.127. The van der Waals surface area contributed by atoms with Crippen molar-refractivity contribution in [1.29, 1.82) is 0 Å². The van der Waals surface area contributed by atoms with Gasteiger partial charge in [0, 0.05) is 12.1 Å². The van der Waals surface area contributed by atoms with Gasteiger partial charge in [0.1, 0.15) is 0 Å². The molecule has 2 aliphatic carbocycles. The van der Waals surface area contributed by atoms with Crippen molar-refractivity contribution in [3.8, 4) is 0 Å². The van der Waals surface area contributed by atoms with E-state index in [0.29, 0.717) is 0 Å². The molecule has 2 aliphatic rings. The number of hydrogen-bond donors (Lipinski definition) is 3. The van der Waals surface area contributed by atoms with Crippen LogP contribution >= 0.6 is 0 Å². The first-order chi connectivity index (χ1) is 7.62. The molecule has 0 aromatic rings. The van der Waals surface area contributed by atoms with Crippen molar-refractivity contribution >= 4 is 5.91 Å². The van der Waals surface area contributed by atoms with Crippen molar-refractivity contribution in [2.75, 3.05) is 0 Å². The van der Waals surface area contributed by atoms with Gasteiger partial charge in [-0.05, 0) is 25.7 Å². The Bertz CT molecular complexity index is 261. The van der Waals surface area contributed by atoms with Gasteiger partial charge < -0.3 is 16.8 Å². The van der Waals surface area contributed by atoms with Crippen molar-refractivity contribution < 1.29 is 4.79 Å². The lowest BCUT2D eigenvalue weighted by atomic mass is 9.89. The van der Waals surface area contributed by atoms with Crippen LogP contribution in [0.4, 0.5) is 0 Å². The molecule has 0 radical (unpaired) electrons. The smallest absolute Gasteiger partial charge is 0.240 e. The number of nitrogens with one attached hydrogen (secondary N) is 1. The summed E-state index contributed by atoms with van der Waals surface area (Å²) in [7, 11) is 0. The van der Waals surface area contributed by atoms with E-state index in [4.69, 9.17) is 11.5 Å². The molecule has 1 amide bonds. The Morgan fingerprint density at radius 1 is 1.12 bits per heavy atom. The Hall–Kier alpha value is -0.610. The molecule has 2 atom stereocenters. The van der Waals surface area contributed by atoms with Crippen LogP contribution in [0.2, 0.25) is 0 Å². The maximum absolute atomic E-state index is 12.1. The van der Waals surface area contributed by atoms with Crippen LogP contribution in [0.5, 0.6) is 0 Å². The summed E-state index contributed by atoms with van der Waals surface area (Å²) in [5, 5.41) is 3.06. The van der Waals surface area contributed by atoms with Crippen LogP contribution in [0.3, 0.4) is 0 Å². The number of rotatable bonds is 2. The van der Waals surface area contributed by atoms with Crippen molar-refractivity contribution in [1.82, 2.24) is 5.32 Å². The summed E-state index contributed by atoms with van der Waals surface area (Å²) in [5.41, 5.74) is 11.5. The minimum atomic E-state index is -0.614. The fraction of sp³-hybridized carbons (Fsp3) is 0.917. The molecular weight excluding hydrogens is 202 g/mol. The lowest BCUT2D eigenvalue weighted by Gasteiger charge is -2.32. The van der Waals surface area contributed by atoms with Gasteiger partial charge in [-0.2, -0.15) is 0 Å². The van der Waals surface area contributed by atoms with E-state index in [2.05, 4.69) is 5.32 Å². The van der Waals surface area contributed by atoms with Crippen molar-refractivity contribution in [3.05, 3.63) is 0 Å². The number of nitrogens with two attached hydrogens (primary N) is 2. The van der Waals surface area contributed by atoms with Crippen LogP contribution < -0.4 is 16.8 Å². The van der Waals surface area contributed by atoms with E-state index in [1.165, 1.54) is 6.42 Å². The molecule has 0 unspecified atom stereocenters. The summed E-state index contributed by atoms with van der Waals surface area (Å²) in [6, 6.07) is 0.255. The van der Waals surface area contributed by atoms with Crippen LogP contribution in [-0.4, -0.2) is 23.5 Å². The van der Waals surface area contributed by atoms with E-state index in [1.807, 2.05) is 0 Å². The van der Waals surface area contributed by atoms with Crippen LogP contribution in [0, 0.1) is 0 Å². The van der Waals surface area contributed by atoms with E-state index in [9.17, 15) is 4.79 Å². The Morgan fingerprint density at radius 3 is 2.38 bits per heavy atom. The number of carbonyl (C=O) groups is 1. The first-order valence-corrected chi connectivity index (χ1v) is 6.47. The summed E-state index contributed by atoms with van der Waals surface area (Å²) in [5.74, 6) is 0.0207. The van der Waals surface area contributed by atoms with E-state index in [-0.39, 0.29) is 18.0 Å². The van der Waals surface area contributed by atoms with E-state index in [0.717, 1.165) is 44.9 Å². The molecule has 0 spiro atoms. The van der Waals surface area contributed by atoms with E-state index >= 15 is 0 Å². The Kier molecular flexibility index (Phi) is 3.50. The van der Waals surface area contributed by atoms with Gasteiger partial charge in [-0.15, -0.1) is 0 Å². The predicted molar refractivity (Wildman–Crippen MR) is 63.8 cm³/mol. The second-order valence-corrected chi connectivity index (χ2v) is 5.39. The molecule has 0 saturated heterocycles. The maximum atomic E-state index is 12.1. The van der Waals surface area contributed by atoms with Crippen molar-refractivity contribution in [3.63, 3.8) is 0 Å². The zero-order valence-corrected chi connectivity index (χ0v) is 9.87. The van der Waals surface area contributed by atoms with Gasteiger partial charge in [0.05, 0.1) is 5.54 Å². The van der Waals surface area contributed by atoms with Gasteiger partial charge in [-0.1, -0.05) is 25.7 Å². The minimum Gasteiger partial charge on any atom is -0.350 e. The highest BCUT2D eigenvalue weighted by Gasteiger charge is 2.38. The second-order valence-electron chi connectivity index (χ2n) is 5.39. The molecule has 2 fully saturated rings. The summed E-state index contributed by atoms with van der Waals surface area (Å²) in [6.45, 7) is 0. The largest absolute Gasteiger partial charge is 0.350 e. The fourth-order valence-electron chi connectivity index (χ4n) is 2.88. The standard InChI is InChI=1S/C12H23N3O/c13-9-5-1-2-6-10(9)15-11(16)12(14)7-3-4-8-12/h9-10H,1-8,13-14H2,(H,15,16)/t9-,10-/m1/s1. The molecule has 0 heterocycles. The summed E-state index contributed by atoms with van der Waals surface area (Å²) in [4.78, 5) is 12.1. The topological polar surface area (TPSA) is 81.1 Å². The first kappa shape index (κ1) is 11.9. The summed E-state index contributed by atoms with van der Waals surface area (Å²) < 4.78 is 0. The van der Waals surface area contributed by atoms with Crippen LogP contribution in [0.15, 0.2) is 0 Å². The third-order valence-corrected chi connectivity index (χ3v) is 4.08. The van der Waals surface area contributed by atoms with Gasteiger partial charge in [0.15, 0.2) is 0 Å². The van der Waals surface area contributed by atoms with Gasteiger partial charge in [0.2, 0.25) is 5.91 Å². The molecule has 5 N–H and O–H groups in total. The molecule has 16 heavy (non-hydrogen) atoms. The molecule has 4 heteroatoms. The maximum Gasteiger partial charge on any atom is 0.240 e. The average Bonchev–Trinajstić information content (AvgIpc) is 2.70. The second kappa shape index (κ2) is 4.72. The molecule has 0 bridgehead atoms. The normalized spacial score (nSPS) is 33.6. The minimum absolute atomic E-state index is 0.0207. The molecule has 0 aromatic carbocycles. The Morgan fingerprint density at radius 2 is 1.75 bits per heavy atom. The van der Waals surface area contributed by atoms with Gasteiger partial charge in [-0.3, -0.25) is 4.79 Å². The molecule has 2 saturated carbocycles.